The SMILES string of the molecule is Cc1cc(Cn2ncc3cc(Nc4n[nH]c5cccnc45)cc(Cl)c32)no1. The molecule has 8 nitrogen and oxygen atoms in total. The number of H-pyrrole nitrogens is 1. The van der Waals surface area contributed by atoms with Crippen molar-refractivity contribution in [2.24, 2.45) is 0 Å². The average Bonchev–Trinajstić information content (AvgIpc) is 3.36. The smallest absolute Gasteiger partial charge is 0.178 e. The summed E-state index contributed by atoms with van der Waals surface area (Å²) >= 11 is 6.55. The van der Waals surface area contributed by atoms with E-state index in [1.807, 2.05) is 41.9 Å². The second-order valence-electron chi connectivity index (χ2n) is 6.22. The molecule has 0 saturated heterocycles. The van der Waals surface area contributed by atoms with Gasteiger partial charge in [0.05, 0.1) is 28.8 Å². The third-order valence-electron chi connectivity index (χ3n) is 4.26. The first-order valence-electron chi connectivity index (χ1n) is 8.31. The number of pyridine rings is 1. The number of aromatic amines is 1. The maximum Gasteiger partial charge on any atom is 0.178 e. The summed E-state index contributed by atoms with van der Waals surface area (Å²) in [5.41, 5.74) is 4.08. The number of fused-ring (bicyclic) bond motifs is 2. The molecule has 1 aromatic carbocycles. The zero-order chi connectivity index (χ0) is 18.4. The van der Waals surface area contributed by atoms with E-state index in [1.54, 1.807) is 12.4 Å². The third kappa shape index (κ3) is 2.80. The lowest BCUT2D eigenvalue weighted by molar-refractivity contribution is 0.388. The number of rotatable bonds is 4. The van der Waals surface area contributed by atoms with E-state index in [0.717, 1.165) is 39.1 Å². The highest BCUT2D eigenvalue weighted by Crippen LogP contribution is 2.30. The highest BCUT2D eigenvalue weighted by Gasteiger charge is 2.13. The molecule has 0 amide bonds. The van der Waals surface area contributed by atoms with Crippen LogP contribution in [0.5, 0.6) is 0 Å². The minimum absolute atomic E-state index is 0.487. The predicted molar refractivity (Wildman–Crippen MR) is 102 cm³/mol. The molecule has 0 spiro atoms. The molecule has 9 heteroatoms. The number of hydrogen-bond acceptors (Lipinski definition) is 6. The lowest BCUT2D eigenvalue weighted by Crippen LogP contribution is -2.02. The van der Waals surface area contributed by atoms with Crippen LogP contribution in [-0.2, 0) is 6.54 Å². The molecule has 5 aromatic rings. The summed E-state index contributed by atoms with van der Waals surface area (Å²) in [6.45, 7) is 2.34. The zero-order valence-electron chi connectivity index (χ0n) is 14.3. The first-order valence-corrected chi connectivity index (χ1v) is 8.68. The summed E-state index contributed by atoms with van der Waals surface area (Å²) in [6, 6.07) is 9.49. The second-order valence-corrected chi connectivity index (χ2v) is 6.63. The van der Waals surface area contributed by atoms with Crippen LogP contribution in [0, 0.1) is 6.92 Å². The number of nitrogens with zero attached hydrogens (tertiary/aromatic N) is 5. The quantitative estimate of drug-likeness (QED) is 0.489. The van der Waals surface area contributed by atoms with Crippen molar-refractivity contribution in [2.45, 2.75) is 13.5 Å². The topological polar surface area (TPSA) is 97.5 Å². The van der Waals surface area contributed by atoms with Gasteiger partial charge in [-0.05, 0) is 31.2 Å². The standard InChI is InChI=1S/C18H14ClN7O/c1-10-5-13(25-27-10)9-26-17-11(8-21-26)6-12(7-14(17)19)22-18-16-15(23-24-18)3-2-4-20-16/h2-8H,9H2,1H3,(H2,22,23,24). The molecule has 0 unspecified atom stereocenters. The van der Waals surface area contributed by atoms with Crippen LogP contribution in [0.3, 0.4) is 0 Å². The minimum Gasteiger partial charge on any atom is -0.361 e. The van der Waals surface area contributed by atoms with Gasteiger partial charge in [0, 0.05) is 23.3 Å². The monoisotopic (exact) mass is 379 g/mol. The summed E-state index contributed by atoms with van der Waals surface area (Å²) < 4.78 is 6.93. The molecule has 2 N–H and O–H groups in total. The van der Waals surface area contributed by atoms with E-state index in [0.29, 0.717) is 17.4 Å². The third-order valence-corrected chi connectivity index (χ3v) is 4.55. The Balaban J connectivity index is 1.50. The molecule has 0 fully saturated rings. The summed E-state index contributed by atoms with van der Waals surface area (Å²) in [7, 11) is 0. The van der Waals surface area contributed by atoms with Crippen LogP contribution in [0.15, 0.2) is 47.2 Å². The van der Waals surface area contributed by atoms with E-state index < -0.39 is 0 Å². The second kappa shape index (κ2) is 6.10. The van der Waals surface area contributed by atoms with Gasteiger partial charge in [0.15, 0.2) is 5.82 Å². The summed E-state index contributed by atoms with van der Waals surface area (Å²) in [5.74, 6) is 1.41. The Morgan fingerprint density at radius 3 is 3.07 bits per heavy atom. The van der Waals surface area contributed by atoms with E-state index in [9.17, 15) is 0 Å². The Bertz CT molecular complexity index is 1270. The molecular formula is C18H14ClN7O. The molecule has 0 atom stereocenters. The predicted octanol–water partition coefficient (Wildman–Crippen LogP) is 4.05. The van der Waals surface area contributed by atoms with Gasteiger partial charge in [0.2, 0.25) is 0 Å². The Morgan fingerprint density at radius 1 is 1.30 bits per heavy atom. The van der Waals surface area contributed by atoms with Gasteiger partial charge >= 0.3 is 0 Å². The maximum atomic E-state index is 6.55. The fourth-order valence-corrected chi connectivity index (χ4v) is 3.42. The van der Waals surface area contributed by atoms with E-state index in [2.05, 4.69) is 30.8 Å². The number of halogens is 1. The van der Waals surface area contributed by atoms with Gasteiger partial charge in [-0.2, -0.15) is 10.2 Å². The van der Waals surface area contributed by atoms with Crippen LogP contribution in [-0.4, -0.2) is 30.1 Å². The number of benzene rings is 1. The molecule has 27 heavy (non-hydrogen) atoms. The molecule has 0 saturated carbocycles. The lowest BCUT2D eigenvalue weighted by atomic mass is 10.2. The zero-order valence-corrected chi connectivity index (χ0v) is 15.0. The van der Waals surface area contributed by atoms with Gasteiger partial charge in [-0.25, -0.2) is 0 Å². The highest BCUT2D eigenvalue weighted by molar-refractivity contribution is 6.35. The maximum absolute atomic E-state index is 6.55. The largest absolute Gasteiger partial charge is 0.361 e. The average molecular weight is 380 g/mol. The van der Waals surface area contributed by atoms with Gasteiger partial charge in [-0.1, -0.05) is 16.8 Å². The molecule has 134 valence electrons. The molecule has 0 bridgehead atoms. The molecule has 5 rings (SSSR count). The lowest BCUT2D eigenvalue weighted by Gasteiger charge is -2.07. The molecule has 0 aliphatic rings. The van der Waals surface area contributed by atoms with E-state index in [-0.39, 0.29) is 0 Å². The molecule has 0 aliphatic carbocycles. The number of hydrogen-bond donors (Lipinski definition) is 2. The van der Waals surface area contributed by atoms with Crippen molar-refractivity contribution in [1.29, 1.82) is 0 Å². The van der Waals surface area contributed by atoms with E-state index >= 15 is 0 Å². The molecule has 4 heterocycles. The van der Waals surface area contributed by atoms with Crippen LogP contribution < -0.4 is 5.32 Å². The van der Waals surface area contributed by atoms with Gasteiger partial charge in [-0.3, -0.25) is 14.8 Å². The number of nitrogens with one attached hydrogen (secondary N) is 2. The molecular weight excluding hydrogens is 366 g/mol. The summed E-state index contributed by atoms with van der Waals surface area (Å²) in [4.78, 5) is 4.35. The Labute approximate surface area is 158 Å². The van der Waals surface area contributed by atoms with Crippen LogP contribution >= 0.6 is 11.6 Å². The van der Waals surface area contributed by atoms with Crippen LogP contribution in [0.4, 0.5) is 11.5 Å². The van der Waals surface area contributed by atoms with Crippen molar-refractivity contribution in [3.63, 3.8) is 0 Å². The highest BCUT2D eigenvalue weighted by atomic mass is 35.5. The molecule has 0 radical (unpaired) electrons. The van der Waals surface area contributed by atoms with Crippen LogP contribution in [0.1, 0.15) is 11.5 Å². The van der Waals surface area contributed by atoms with E-state index in [4.69, 9.17) is 16.1 Å². The Morgan fingerprint density at radius 2 is 2.22 bits per heavy atom. The Kier molecular flexibility index (Phi) is 3.58. The van der Waals surface area contributed by atoms with Gasteiger partial charge in [-0.15, -0.1) is 0 Å². The van der Waals surface area contributed by atoms with Gasteiger partial charge < -0.3 is 9.84 Å². The normalized spacial score (nSPS) is 11.5. The van der Waals surface area contributed by atoms with Crippen molar-refractivity contribution in [3.8, 4) is 0 Å². The first kappa shape index (κ1) is 15.8. The summed E-state index contributed by atoms with van der Waals surface area (Å²) in [6.07, 6.45) is 3.51. The van der Waals surface area contributed by atoms with Crippen molar-refractivity contribution < 1.29 is 4.52 Å². The first-order chi connectivity index (χ1) is 13.2. The van der Waals surface area contributed by atoms with Crippen molar-refractivity contribution in [3.05, 3.63) is 59.2 Å². The van der Waals surface area contributed by atoms with Crippen LogP contribution in [0.25, 0.3) is 21.9 Å². The fraction of sp³-hybridized carbons (Fsp3) is 0.111. The van der Waals surface area contributed by atoms with Crippen LogP contribution in [0.2, 0.25) is 5.02 Å². The fourth-order valence-electron chi connectivity index (χ4n) is 3.10. The number of anilines is 2. The minimum atomic E-state index is 0.487. The van der Waals surface area contributed by atoms with Gasteiger partial charge in [0.1, 0.15) is 17.0 Å². The Hall–Kier alpha value is -3.39. The number of aryl methyl sites for hydroxylation is 1. The van der Waals surface area contributed by atoms with Crippen molar-refractivity contribution in [1.82, 2.24) is 30.1 Å². The van der Waals surface area contributed by atoms with Crippen molar-refractivity contribution >= 4 is 45.0 Å². The molecule has 0 aliphatic heterocycles. The van der Waals surface area contributed by atoms with Crippen molar-refractivity contribution in [2.75, 3.05) is 5.32 Å². The molecule has 4 aromatic heterocycles. The number of aromatic nitrogens is 6. The summed E-state index contributed by atoms with van der Waals surface area (Å²) in [5, 5.41) is 20.5. The van der Waals surface area contributed by atoms with Gasteiger partial charge in [0.25, 0.3) is 0 Å². The van der Waals surface area contributed by atoms with E-state index in [1.165, 1.54) is 0 Å².